The van der Waals surface area contributed by atoms with E-state index in [2.05, 4.69) is 4.98 Å². The molecule has 1 aromatic carbocycles. The number of aromatic nitrogens is 2. The molecule has 0 saturated heterocycles. The van der Waals surface area contributed by atoms with Gasteiger partial charge in [0.05, 0.1) is 11.6 Å². The minimum atomic E-state index is -3.90. The molecular weight excluding hydrogens is 338 g/mol. The van der Waals surface area contributed by atoms with Gasteiger partial charge < -0.3 is 4.57 Å². The number of benzene rings is 1. The highest BCUT2D eigenvalue weighted by Crippen LogP contribution is 2.23. The predicted octanol–water partition coefficient (Wildman–Crippen LogP) is 3.60. The number of aryl methyl sites for hydroxylation is 1. The Hall–Kier alpha value is -1.11. The smallest absolute Gasteiger partial charge is 0.280 e. The Labute approximate surface area is 131 Å². The van der Waals surface area contributed by atoms with Gasteiger partial charge in [0.2, 0.25) is 0 Å². The minimum Gasteiger partial charge on any atom is -0.329 e. The van der Waals surface area contributed by atoms with Crippen LogP contribution in [0.4, 0.5) is 4.39 Å². The van der Waals surface area contributed by atoms with Crippen molar-refractivity contribution in [1.82, 2.24) is 9.55 Å². The van der Waals surface area contributed by atoms with Crippen LogP contribution in [-0.2, 0) is 22.0 Å². The van der Waals surface area contributed by atoms with Gasteiger partial charge in [-0.05, 0) is 18.1 Å². The number of rotatable bonds is 5. The first kappa shape index (κ1) is 16.3. The van der Waals surface area contributed by atoms with Crippen LogP contribution < -0.4 is 0 Å². The third-order valence-corrected chi connectivity index (χ3v) is 4.53. The second-order valence-electron chi connectivity index (χ2n) is 4.52. The van der Waals surface area contributed by atoms with Crippen molar-refractivity contribution < 1.29 is 12.8 Å². The van der Waals surface area contributed by atoms with Crippen LogP contribution in [0.15, 0.2) is 29.4 Å². The summed E-state index contributed by atoms with van der Waals surface area (Å²) in [5.41, 5.74) is 0.546. The summed E-state index contributed by atoms with van der Waals surface area (Å²) in [6, 6.07) is 4.49. The Morgan fingerprint density at radius 1 is 1.38 bits per heavy atom. The van der Waals surface area contributed by atoms with E-state index in [9.17, 15) is 12.8 Å². The molecule has 0 spiro atoms. The normalized spacial score (nSPS) is 11.8. The molecule has 0 bridgehead atoms. The lowest BCUT2D eigenvalue weighted by Crippen LogP contribution is -2.05. The van der Waals surface area contributed by atoms with E-state index in [1.54, 1.807) is 16.7 Å². The highest BCUT2D eigenvalue weighted by Gasteiger charge is 2.18. The lowest BCUT2D eigenvalue weighted by atomic mass is 10.2. The highest BCUT2D eigenvalue weighted by molar-refractivity contribution is 8.13. The van der Waals surface area contributed by atoms with E-state index in [-0.39, 0.29) is 16.6 Å². The molecule has 21 heavy (non-hydrogen) atoms. The van der Waals surface area contributed by atoms with Crippen molar-refractivity contribution in [2.75, 3.05) is 0 Å². The molecule has 8 heteroatoms. The first-order valence-electron chi connectivity index (χ1n) is 6.26. The van der Waals surface area contributed by atoms with Gasteiger partial charge in [-0.1, -0.05) is 30.7 Å². The molecule has 0 radical (unpaired) electrons. The zero-order valence-corrected chi connectivity index (χ0v) is 13.5. The number of halogens is 3. The zero-order chi connectivity index (χ0) is 15.6. The van der Waals surface area contributed by atoms with Gasteiger partial charge in [-0.2, -0.15) is 0 Å². The first-order chi connectivity index (χ1) is 9.82. The number of hydrogen-bond acceptors (Lipinski definition) is 3. The van der Waals surface area contributed by atoms with Gasteiger partial charge in [-0.25, -0.2) is 17.8 Å². The number of hydrogen-bond donors (Lipinski definition) is 0. The Bertz CT molecular complexity index is 760. The van der Waals surface area contributed by atoms with Gasteiger partial charge in [0.25, 0.3) is 9.05 Å². The fourth-order valence-corrected chi connectivity index (χ4v) is 2.84. The van der Waals surface area contributed by atoms with Crippen molar-refractivity contribution in [2.24, 2.45) is 0 Å². The van der Waals surface area contributed by atoms with Crippen LogP contribution in [0.2, 0.25) is 5.02 Å². The molecule has 0 unspecified atom stereocenters. The third-order valence-electron chi connectivity index (χ3n) is 2.93. The van der Waals surface area contributed by atoms with Crippen LogP contribution in [-0.4, -0.2) is 18.0 Å². The third kappa shape index (κ3) is 3.75. The summed E-state index contributed by atoms with van der Waals surface area (Å²) in [5, 5.41) is -0.191. The number of imidazole rings is 1. The molecule has 0 aliphatic rings. The van der Waals surface area contributed by atoms with Gasteiger partial charge in [-0.3, -0.25) is 0 Å². The van der Waals surface area contributed by atoms with Crippen molar-refractivity contribution in [2.45, 2.75) is 31.3 Å². The van der Waals surface area contributed by atoms with E-state index in [0.29, 0.717) is 17.8 Å². The summed E-state index contributed by atoms with van der Waals surface area (Å²) < 4.78 is 37.8. The van der Waals surface area contributed by atoms with Gasteiger partial charge in [-0.15, -0.1) is 0 Å². The second kappa shape index (κ2) is 6.34. The maximum absolute atomic E-state index is 13.5. The van der Waals surface area contributed by atoms with Crippen LogP contribution in [0, 0.1) is 5.82 Å². The molecule has 2 rings (SSSR count). The molecule has 1 heterocycles. The van der Waals surface area contributed by atoms with Crippen molar-refractivity contribution >= 4 is 31.3 Å². The standard InChI is InChI=1S/C13H13Cl2FN2O2S/c1-2-4-11-17-12(21(15,19)20)8-18(11)7-9-5-3-6-10(16)13(9)14/h3,5-6,8H,2,4,7H2,1H3. The van der Waals surface area contributed by atoms with Gasteiger partial charge >= 0.3 is 0 Å². The molecule has 0 fully saturated rings. The summed E-state index contributed by atoms with van der Waals surface area (Å²) in [5.74, 6) is 0.0496. The Kier molecular flexibility index (Phi) is 4.91. The quantitative estimate of drug-likeness (QED) is 0.774. The molecule has 114 valence electrons. The summed E-state index contributed by atoms with van der Waals surface area (Å²) >= 11 is 5.92. The van der Waals surface area contributed by atoms with E-state index in [1.165, 1.54) is 12.3 Å². The van der Waals surface area contributed by atoms with E-state index in [1.807, 2.05) is 6.92 Å². The summed E-state index contributed by atoms with van der Waals surface area (Å²) in [6.45, 7) is 2.17. The van der Waals surface area contributed by atoms with Crippen LogP contribution in [0.5, 0.6) is 0 Å². The lowest BCUT2D eigenvalue weighted by molar-refractivity contribution is 0.606. The van der Waals surface area contributed by atoms with Crippen molar-refractivity contribution in [3.63, 3.8) is 0 Å². The first-order valence-corrected chi connectivity index (χ1v) is 8.95. The van der Waals surface area contributed by atoms with Crippen molar-refractivity contribution in [3.05, 3.63) is 46.6 Å². The molecule has 0 saturated carbocycles. The van der Waals surface area contributed by atoms with Gasteiger partial charge in [0.15, 0.2) is 5.03 Å². The van der Waals surface area contributed by atoms with Crippen LogP contribution >= 0.6 is 22.3 Å². The summed E-state index contributed by atoms with van der Waals surface area (Å²) in [4.78, 5) is 4.03. The van der Waals surface area contributed by atoms with Gasteiger partial charge in [0.1, 0.15) is 11.6 Å². The molecule has 0 atom stereocenters. The Morgan fingerprint density at radius 2 is 2.10 bits per heavy atom. The van der Waals surface area contributed by atoms with Gasteiger partial charge in [0, 0.05) is 23.3 Å². The lowest BCUT2D eigenvalue weighted by Gasteiger charge is -2.09. The largest absolute Gasteiger partial charge is 0.329 e. The average Bonchev–Trinajstić information content (AvgIpc) is 2.79. The van der Waals surface area contributed by atoms with E-state index < -0.39 is 14.9 Å². The molecule has 1 aromatic heterocycles. The minimum absolute atomic E-state index is 0.0175. The van der Waals surface area contributed by atoms with E-state index in [4.69, 9.17) is 22.3 Å². The Balaban J connectivity index is 2.43. The molecule has 0 aliphatic carbocycles. The monoisotopic (exact) mass is 350 g/mol. The molecule has 0 aliphatic heterocycles. The zero-order valence-electron chi connectivity index (χ0n) is 11.2. The second-order valence-corrected chi connectivity index (χ2v) is 7.41. The fourth-order valence-electron chi connectivity index (χ4n) is 1.96. The SMILES string of the molecule is CCCc1nc(S(=O)(=O)Cl)cn1Cc1cccc(F)c1Cl. The molecule has 2 aromatic rings. The average molecular weight is 351 g/mol. The predicted molar refractivity (Wildman–Crippen MR) is 79.8 cm³/mol. The van der Waals surface area contributed by atoms with E-state index >= 15 is 0 Å². The fraction of sp³-hybridized carbons (Fsp3) is 0.308. The number of nitrogens with zero attached hydrogens (tertiary/aromatic N) is 2. The summed E-state index contributed by atoms with van der Waals surface area (Å²) in [6.07, 6.45) is 2.71. The molecular formula is C13H13Cl2FN2O2S. The maximum atomic E-state index is 13.5. The Morgan fingerprint density at radius 3 is 2.71 bits per heavy atom. The van der Waals surface area contributed by atoms with Crippen LogP contribution in [0.1, 0.15) is 24.7 Å². The van der Waals surface area contributed by atoms with E-state index in [0.717, 1.165) is 6.42 Å². The van der Waals surface area contributed by atoms with Crippen molar-refractivity contribution in [1.29, 1.82) is 0 Å². The summed E-state index contributed by atoms with van der Waals surface area (Å²) in [7, 11) is 1.41. The van der Waals surface area contributed by atoms with Crippen molar-refractivity contribution in [3.8, 4) is 0 Å². The molecule has 0 N–H and O–H groups in total. The van der Waals surface area contributed by atoms with Crippen LogP contribution in [0.3, 0.4) is 0 Å². The highest BCUT2D eigenvalue weighted by atomic mass is 35.7. The molecule has 4 nitrogen and oxygen atoms in total. The molecule has 0 amide bonds. The maximum Gasteiger partial charge on any atom is 0.280 e. The topological polar surface area (TPSA) is 52.0 Å². The van der Waals surface area contributed by atoms with Crippen LogP contribution in [0.25, 0.3) is 0 Å².